The fourth-order valence-electron chi connectivity index (χ4n) is 1.74. The molecule has 0 aliphatic rings. The van der Waals surface area contributed by atoms with E-state index in [9.17, 15) is 9.59 Å². The second-order valence-corrected chi connectivity index (χ2v) is 5.42. The van der Waals surface area contributed by atoms with E-state index in [1.54, 1.807) is 6.07 Å². The second-order valence-electron chi connectivity index (χ2n) is 4.47. The van der Waals surface area contributed by atoms with Gasteiger partial charge in [0.25, 0.3) is 0 Å². The van der Waals surface area contributed by atoms with Crippen molar-refractivity contribution in [2.75, 3.05) is 0 Å². The smallest absolute Gasteiger partial charge is 0.305 e. The minimum atomic E-state index is -0.527. The van der Waals surface area contributed by atoms with E-state index in [1.165, 1.54) is 23.7 Å². The molecule has 0 aliphatic carbocycles. The molecule has 8 nitrogen and oxygen atoms in total. The van der Waals surface area contributed by atoms with Gasteiger partial charge in [-0.1, -0.05) is 11.2 Å². The predicted octanol–water partition coefficient (Wildman–Crippen LogP) is 1.78. The fraction of sp³-hybridized carbons (Fsp3) is 0.143. The van der Waals surface area contributed by atoms with Gasteiger partial charge in [0.2, 0.25) is 17.6 Å². The Balaban J connectivity index is 1.45. The van der Waals surface area contributed by atoms with Gasteiger partial charge in [0.05, 0.1) is 11.1 Å². The van der Waals surface area contributed by atoms with E-state index >= 15 is 0 Å². The van der Waals surface area contributed by atoms with E-state index in [-0.39, 0.29) is 24.5 Å². The van der Waals surface area contributed by atoms with Crippen LogP contribution in [0.4, 0.5) is 0 Å². The quantitative estimate of drug-likeness (QED) is 0.689. The summed E-state index contributed by atoms with van der Waals surface area (Å²) in [6.45, 7) is 0. The highest BCUT2D eigenvalue weighted by molar-refractivity contribution is 7.13. The lowest BCUT2D eigenvalue weighted by Crippen LogP contribution is -2.41. The van der Waals surface area contributed by atoms with Crippen molar-refractivity contribution in [1.29, 1.82) is 0 Å². The summed E-state index contributed by atoms with van der Waals surface area (Å²) in [5.74, 6) is 0.0760. The Morgan fingerprint density at radius 2 is 2.13 bits per heavy atom. The summed E-state index contributed by atoms with van der Waals surface area (Å²) in [6.07, 6.45) is 1.75. The van der Waals surface area contributed by atoms with Crippen molar-refractivity contribution < 1.29 is 18.5 Å². The SMILES string of the molecule is O=C(CCc1nc(-c2cccs2)no1)NNC(=O)c1ccco1. The van der Waals surface area contributed by atoms with Gasteiger partial charge in [-0.3, -0.25) is 20.4 Å². The number of nitrogens with zero attached hydrogens (tertiary/aromatic N) is 2. The molecule has 3 aromatic heterocycles. The molecule has 118 valence electrons. The van der Waals surface area contributed by atoms with Gasteiger partial charge in [-0.25, -0.2) is 0 Å². The number of nitrogens with one attached hydrogen (secondary N) is 2. The number of amides is 2. The number of aromatic nitrogens is 2. The number of thiophene rings is 1. The number of aryl methyl sites for hydroxylation is 1. The van der Waals surface area contributed by atoms with E-state index in [2.05, 4.69) is 21.0 Å². The molecular weight excluding hydrogens is 320 g/mol. The van der Waals surface area contributed by atoms with Gasteiger partial charge < -0.3 is 8.94 Å². The lowest BCUT2D eigenvalue weighted by atomic mass is 10.3. The zero-order valence-electron chi connectivity index (χ0n) is 11.8. The Morgan fingerprint density at radius 1 is 1.22 bits per heavy atom. The van der Waals surface area contributed by atoms with E-state index in [1.807, 2.05) is 17.5 Å². The van der Waals surface area contributed by atoms with Crippen LogP contribution in [0.2, 0.25) is 0 Å². The van der Waals surface area contributed by atoms with E-state index < -0.39 is 5.91 Å². The molecule has 3 aromatic rings. The Bertz CT molecular complexity index is 780. The summed E-state index contributed by atoms with van der Waals surface area (Å²) >= 11 is 1.50. The summed E-state index contributed by atoms with van der Waals surface area (Å²) in [7, 11) is 0. The minimum Gasteiger partial charge on any atom is -0.459 e. The van der Waals surface area contributed by atoms with Crippen LogP contribution in [0.15, 0.2) is 44.8 Å². The molecule has 0 radical (unpaired) electrons. The maximum absolute atomic E-state index is 11.7. The molecule has 0 bridgehead atoms. The zero-order chi connectivity index (χ0) is 16.1. The monoisotopic (exact) mass is 332 g/mol. The van der Waals surface area contributed by atoms with Gasteiger partial charge in [0.15, 0.2) is 5.76 Å². The van der Waals surface area contributed by atoms with Gasteiger partial charge >= 0.3 is 5.91 Å². The molecule has 0 unspecified atom stereocenters. The molecule has 3 heterocycles. The van der Waals surface area contributed by atoms with Crippen LogP contribution < -0.4 is 10.9 Å². The minimum absolute atomic E-state index is 0.102. The van der Waals surface area contributed by atoms with Gasteiger partial charge in [-0.2, -0.15) is 4.98 Å². The van der Waals surface area contributed by atoms with Crippen molar-refractivity contribution in [2.24, 2.45) is 0 Å². The Morgan fingerprint density at radius 3 is 2.87 bits per heavy atom. The number of carbonyl (C=O) groups is 2. The van der Waals surface area contributed by atoms with Gasteiger partial charge in [0.1, 0.15) is 0 Å². The van der Waals surface area contributed by atoms with Crippen LogP contribution in [0.5, 0.6) is 0 Å². The van der Waals surface area contributed by atoms with Crippen LogP contribution in [-0.4, -0.2) is 22.0 Å². The molecule has 9 heteroatoms. The first-order valence-electron chi connectivity index (χ1n) is 6.71. The number of furan rings is 1. The molecule has 3 rings (SSSR count). The van der Waals surface area contributed by atoms with Gasteiger partial charge in [-0.15, -0.1) is 11.3 Å². The van der Waals surface area contributed by atoms with Gasteiger partial charge in [0, 0.05) is 12.8 Å². The average Bonchev–Trinajstić information content (AvgIpc) is 3.32. The van der Waals surface area contributed by atoms with Crippen molar-refractivity contribution in [3.8, 4) is 10.7 Å². The fourth-order valence-corrected chi connectivity index (χ4v) is 2.39. The van der Waals surface area contributed by atoms with Crippen molar-refractivity contribution in [2.45, 2.75) is 12.8 Å². The van der Waals surface area contributed by atoms with E-state index in [0.29, 0.717) is 11.7 Å². The van der Waals surface area contributed by atoms with Crippen LogP contribution >= 0.6 is 11.3 Å². The number of hydrogen-bond donors (Lipinski definition) is 2. The highest BCUT2D eigenvalue weighted by atomic mass is 32.1. The number of hydrogen-bond acceptors (Lipinski definition) is 7. The van der Waals surface area contributed by atoms with E-state index in [0.717, 1.165) is 4.88 Å². The highest BCUT2D eigenvalue weighted by Gasteiger charge is 2.13. The Kier molecular flexibility index (Phi) is 4.48. The van der Waals surface area contributed by atoms with Crippen molar-refractivity contribution in [1.82, 2.24) is 21.0 Å². The molecule has 0 atom stereocenters. The molecule has 0 spiro atoms. The van der Waals surface area contributed by atoms with Crippen molar-refractivity contribution in [3.05, 3.63) is 47.6 Å². The maximum Gasteiger partial charge on any atom is 0.305 e. The highest BCUT2D eigenvalue weighted by Crippen LogP contribution is 2.21. The van der Waals surface area contributed by atoms with Crippen LogP contribution in [0.1, 0.15) is 22.9 Å². The standard InChI is InChI=1S/C14H12N4O4S/c19-11(16-17-14(20)9-3-1-7-21-9)5-6-12-15-13(18-22-12)10-4-2-8-23-10/h1-4,7-8H,5-6H2,(H,16,19)(H,17,20). The normalized spacial score (nSPS) is 10.4. The summed E-state index contributed by atoms with van der Waals surface area (Å²) < 4.78 is 9.99. The van der Waals surface area contributed by atoms with Crippen molar-refractivity contribution in [3.63, 3.8) is 0 Å². The summed E-state index contributed by atoms with van der Waals surface area (Å²) in [5, 5.41) is 5.77. The number of carbonyl (C=O) groups excluding carboxylic acids is 2. The lowest BCUT2D eigenvalue weighted by molar-refractivity contribution is -0.121. The summed E-state index contributed by atoms with van der Waals surface area (Å²) in [6, 6.07) is 6.85. The molecule has 23 heavy (non-hydrogen) atoms. The van der Waals surface area contributed by atoms with Gasteiger partial charge in [-0.05, 0) is 23.6 Å². The van der Waals surface area contributed by atoms with E-state index in [4.69, 9.17) is 8.94 Å². The first kappa shape index (κ1) is 15.0. The molecule has 0 aliphatic heterocycles. The zero-order valence-corrected chi connectivity index (χ0v) is 12.6. The molecule has 0 saturated heterocycles. The molecule has 2 N–H and O–H groups in total. The first-order chi connectivity index (χ1) is 11.2. The largest absolute Gasteiger partial charge is 0.459 e. The first-order valence-corrected chi connectivity index (χ1v) is 7.59. The average molecular weight is 332 g/mol. The Hall–Kier alpha value is -2.94. The molecule has 0 aromatic carbocycles. The topological polar surface area (TPSA) is 110 Å². The predicted molar refractivity (Wildman–Crippen MR) is 80.2 cm³/mol. The summed E-state index contributed by atoms with van der Waals surface area (Å²) in [5.41, 5.74) is 4.54. The maximum atomic E-state index is 11.7. The molecule has 2 amide bonds. The molecule has 0 fully saturated rings. The lowest BCUT2D eigenvalue weighted by Gasteiger charge is -2.04. The number of hydrazine groups is 1. The molecular formula is C14H12N4O4S. The molecule has 0 saturated carbocycles. The summed E-state index contributed by atoms with van der Waals surface area (Å²) in [4.78, 5) is 28.4. The third kappa shape index (κ3) is 3.83. The van der Waals surface area contributed by atoms with Crippen LogP contribution in [0.25, 0.3) is 10.7 Å². The third-order valence-corrected chi connectivity index (χ3v) is 3.70. The number of rotatable bonds is 5. The van der Waals surface area contributed by atoms with Crippen LogP contribution in [0.3, 0.4) is 0 Å². The third-order valence-electron chi connectivity index (χ3n) is 2.84. The van der Waals surface area contributed by atoms with Crippen LogP contribution in [-0.2, 0) is 11.2 Å². The second kappa shape index (κ2) is 6.88. The Labute approximate surface area is 134 Å². The van der Waals surface area contributed by atoms with Crippen LogP contribution in [0, 0.1) is 0 Å². The van der Waals surface area contributed by atoms with Crippen molar-refractivity contribution >= 4 is 23.2 Å².